The molecular weight excluding hydrogens is 398 g/mol. The van der Waals surface area contributed by atoms with Crippen molar-refractivity contribution < 1.29 is 4.79 Å². The average molecular weight is 413 g/mol. The second-order valence-electron chi connectivity index (χ2n) is 6.37. The fraction of sp³-hybridized carbons (Fsp3) is 0. The van der Waals surface area contributed by atoms with Crippen molar-refractivity contribution >= 4 is 44.7 Å². The molecule has 2 N–H and O–H groups in total. The van der Waals surface area contributed by atoms with E-state index < -0.39 is 0 Å². The zero-order valence-corrected chi connectivity index (χ0v) is 16.4. The van der Waals surface area contributed by atoms with Crippen LogP contribution in [0.25, 0.3) is 16.0 Å². The third-order valence-corrected chi connectivity index (χ3v) is 5.33. The highest BCUT2D eigenvalue weighted by atomic mass is 32.1. The van der Waals surface area contributed by atoms with Gasteiger partial charge in [-0.3, -0.25) is 4.79 Å². The molecule has 0 aliphatic rings. The SMILES string of the molecule is O=C(Nc1ccc(Nc2ccc(-n3cccn3)nn2)cc1)c1nc2ccccc2s1. The first-order chi connectivity index (χ1) is 14.7. The van der Waals surface area contributed by atoms with Gasteiger partial charge in [-0.15, -0.1) is 21.5 Å². The van der Waals surface area contributed by atoms with Gasteiger partial charge in [0.2, 0.25) is 0 Å². The molecule has 3 heterocycles. The topological polar surface area (TPSA) is 97.6 Å². The Labute approximate surface area is 175 Å². The zero-order valence-electron chi connectivity index (χ0n) is 15.6. The van der Waals surface area contributed by atoms with Crippen molar-refractivity contribution in [2.45, 2.75) is 0 Å². The van der Waals surface area contributed by atoms with Crippen LogP contribution >= 0.6 is 11.3 Å². The Kier molecular flexibility index (Phi) is 4.62. The number of anilines is 3. The molecule has 0 saturated carbocycles. The molecule has 9 heteroatoms. The number of nitrogens with zero attached hydrogens (tertiary/aromatic N) is 5. The first-order valence-electron chi connectivity index (χ1n) is 9.12. The summed E-state index contributed by atoms with van der Waals surface area (Å²) in [5, 5.41) is 18.9. The van der Waals surface area contributed by atoms with Gasteiger partial charge in [-0.2, -0.15) is 5.10 Å². The summed E-state index contributed by atoms with van der Waals surface area (Å²) >= 11 is 1.37. The first kappa shape index (κ1) is 18.0. The Balaban J connectivity index is 1.24. The largest absolute Gasteiger partial charge is 0.339 e. The lowest BCUT2D eigenvalue weighted by Crippen LogP contribution is -2.11. The Hall–Kier alpha value is -4.11. The highest BCUT2D eigenvalue weighted by molar-refractivity contribution is 7.20. The maximum atomic E-state index is 12.5. The fourth-order valence-electron chi connectivity index (χ4n) is 2.86. The number of aromatic nitrogens is 5. The van der Waals surface area contributed by atoms with Crippen molar-refractivity contribution in [2.75, 3.05) is 10.6 Å². The van der Waals surface area contributed by atoms with E-state index in [1.807, 2.05) is 66.7 Å². The molecule has 0 fully saturated rings. The minimum atomic E-state index is -0.225. The van der Waals surface area contributed by atoms with Crippen molar-refractivity contribution in [1.29, 1.82) is 0 Å². The quantitative estimate of drug-likeness (QED) is 0.447. The van der Waals surface area contributed by atoms with Gasteiger partial charge >= 0.3 is 0 Å². The van der Waals surface area contributed by atoms with E-state index in [2.05, 4.69) is 30.9 Å². The number of hydrogen-bond donors (Lipinski definition) is 2. The number of rotatable bonds is 5. The Morgan fingerprint density at radius 1 is 0.900 bits per heavy atom. The molecule has 146 valence electrons. The number of hydrogen-bond acceptors (Lipinski definition) is 7. The molecule has 0 bridgehead atoms. The van der Waals surface area contributed by atoms with E-state index in [0.717, 1.165) is 15.9 Å². The number of para-hydroxylation sites is 1. The van der Waals surface area contributed by atoms with Crippen molar-refractivity contribution in [1.82, 2.24) is 25.0 Å². The molecule has 5 aromatic rings. The minimum Gasteiger partial charge on any atom is -0.339 e. The molecular formula is C21H15N7OS. The van der Waals surface area contributed by atoms with E-state index in [1.165, 1.54) is 11.3 Å². The van der Waals surface area contributed by atoms with Crippen LogP contribution in [0.4, 0.5) is 17.2 Å². The maximum absolute atomic E-state index is 12.5. The Morgan fingerprint density at radius 2 is 1.73 bits per heavy atom. The predicted octanol–water partition coefficient (Wildman–Crippen LogP) is 4.27. The number of carbonyl (C=O) groups is 1. The fourth-order valence-corrected chi connectivity index (χ4v) is 3.72. The third-order valence-electron chi connectivity index (χ3n) is 4.29. The van der Waals surface area contributed by atoms with E-state index >= 15 is 0 Å². The van der Waals surface area contributed by atoms with Crippen molar-refractivity contribution in [3.63, 3.8) is 0 Å². The van der Waals surface area contributed by atoms with E-state index in [9.17, 15) is 4.79 Å². The summed E-state index contributed by atoms with van der Waals surface area (Å²) < 4.78 is 2.63. The molecule has 0 atom stereocenters. The highest BCUT2D eigenvalue weighted by Crippen LogP contribution is 2.23. The van der Waals surface area contributed by atoms with Gasteiger partial charge in [0.25, 0.3) is 5.91 Å². The molecule has 0 aliphatic heterocycles. The first-order valence-corrected chi connectivity index (χ1v) is 9.94. The van der Waals surface area contributed by atoms with Gasteiger partial charge < -0.3 is 10.6 Å². The summed E-state index contributed by atoms with van der Waals surface area (Å²) in [6, 6.07) is 20.5. The molecule has 30 heavy (non-hydrogen) atoms. The molecule has 3 aromatic heterocycles. The molecule has 0 aliphatic carbocycles. The highest BCUT2D eigenvalue weighted by Gasteiger charge is 2.12. The van der Waals surface area contributed by atoms with Gasteiger partial charge in [-0.05, 0) is 54.6 Å². The lowest BCUT2D eigenvalue weighted by molar-refractivity contribution is 0.102. The van der Waals surface area contributed by atoms with Gasteiger partial charge in [0.1, 0.15) is 0 Å². The molecule has 0 unspecified atom stereocenters. The van der Waals surface area contributed by atoms with Crippen LogP contribution in [-0.4, -0.2) is 30.9 Å². The second kappa shape index (κ2) is 7.72. The number of thiazole rings is 1. The van der Waals surface area contributed by atoms with Crippen LogP contribution in [0.1, 0.15) is 9.80 Å². The van der Waals surface area contributed by atoms with E-state index in [-0.39, 0.29) is 5.91 Å². The normalized spacial score (nSPS) is 10.8. The summed E-state index contributed by atoms with van der Waals surface area (Å²) in [4.78, 5) is 16.9. The van der Waals surface area contributed by atoms with Crippen molar-refractivity contribution in [3.05, 3.63) is 84.1 Å². The van der Waals surface area contributed by atoms with Crippen LogP contribution in [0.3, 0.4) is 0 Å². The number of carbonyl (C=O) groups excluding carboxylic acids is 1. The summed E-state index contributed by atoms with van der Waals surface area (Å²) in [6.07, 6.45) is 3.49. The van der Waals surface area contributed by atoms with E-state index in [4.69, 9.17) is 0 Å². The number of nitrogens with one attached hydrogen (secondary N) is 2. The molecule has 0 radical (unpaired) electrons. The predicted molar refractivity (Wildman–Crippen MR) is 116 cm³/mol. The van der Waals surface area contributed by atoms with Crippen molar-refractivity contribution in [3.8, 4) is 5.82 Å². The van der Waals surface area contributed by atoms with Crippen LogP contribution < -0.4 is 10.6 Å². The van der Waals surface area contributed by atoms with Crippen LogP contribution in [-0.2, 0) is 0 Å². The Bertz CT molecular complexity index is 1260. The second-order valence-corrected chi connectivity index (χ2v) is 7.40. The molecule has 0 spiro atoms. The van der Waals surface area contributed by atoms with Gasteiger partial charge in [-0.25, -0.2) is 9.67 Å². The van der Waals surface area contributed by atoms with Gasteiger partial charge in [0.05, 0.1) is 10.2 Å². The molecule has 1 amide bonds. The summed E-state index contributed by atoms with van der Waals surface area (Å²) in [6.45, 7) is 0. The zero-order chi connectivity index (χ0) is 20.3. The van der Waals surface area contributed by atoms with Crippen LogP contribution in [0.2, 0.25) is 0 Å². The third kappa shape index (κ3) is 3.74. The van der Waals surface area contributed by atoms with Crippen molar-refractivity contribution in [2.24, 2.45) is 0 Å². The van der Waals surface area contributed by atoms with E-state index in [0.29, 0.717) is 22.3 Å². The smallest absolute Gasteiger partial charge is 0.284 e. The number of benzene rings is 2. The summed E-state index contributed by atoms with van der Waals surface area (Å²) in [5.41, 5.74) is 2.34. The summed E-state index contributed by atoms with van der Waals surface area (Å²) in [5.74, 6) is 1.02. The van der Waals surface area contributed by atoms with Gasteiger partial charge in [-0.1, -0.05) is 12.1 Å². The van der Waals surface area contributed by atoms with Crippen LogP contribution in [0.5, 0.6) is 0 Å². The number of fused-ring (bicyclic) bond motifs is 1. The molecule has 2 aromatic carbocycles. The van der Waals surface area contributed by atoms with E-state index in [1.54, 1.807) is 17.1 Å². The Morgan fingerprint density at radius 3 is 2.47 bits per heavy atom. The molecule has 0 saturated heterocycles. The van der Waals surface area contributed by atoms with Crippen LogP contribution in [0.15, 0.2) is 79.1 Å². The lowest BCUT2D eigenvalue weighted by atomic mass is 10.2. The maximum Gasteiger partial charge on any atom is 0.284 e. The number of amides is 1. The minimum absolute atomic E-state index is 0.225. The monoisotopic (exact) mass is 413 g/mol. The summed E-state index contributed by atoms with van der Waals surface area (Å²) in [7, 11) is 0. The van der Waals surface area contributed by atoms with Crippen LogP contribution in [0, 0.1) is 0 Å². The molecule has 5 rings (SSSR count). The molecule has 8 nitrogen and oxygen atoms in total. The average Bonchev–Trinajstić information content (AvgIpc) is 3.46. The lowest BCUT2D eigenvalue weighted by Gasteiger charge is -2.07. The van der Waals surface area contributed by atoms with Gasteiger partial charge in [0.15, 0.2) is 16.6 Å². The van der Waals surface area contributed by atoms with Gasteiger partial charge in [0, 0.05) is 23.8 Å². The standard InChI is InChI=1S/C21H15N7OS/c29-20(21-25-16-4-1-2-5-17(16)30-21)24-15-8-6-14(7-9-15)23-18-10-11-19(27-26-18)28-13-3-12-22-28/h1-13H,(H,23,26)(H,24,29).